The SMILES string of the molecule is COCOc1cc(OS(=O)(=O)C(F)(F)F)c2c(C#C[Si](C(C)C)(C(C)C)C(C)C)c(F)c(C#N)cc2c1. The van der Waals surface area contributed by atoms with Gasteiger partial charge in [-0.3, -0.25) is 0 Å². The van der Waals surface area contributed by atoms with E-state index in [4.69, 9.17) is 9.47 Å². The van der Waals surface area contributed by atoms with Crippen LogP contribution in [0.1, 0.15) is 52.7 Å². The Hall–Kier alpha value is -2.80. The first-order valence-electron chi connectivity index (χ1n) is 11.4. The van der Waals surface area contributed by atoms with Crippen LogP contribution in [0.15, 0.2) is 18.2 Å². The van der Waals surface area contributed by atoms with Crippen LogP contribution >= 0.6 is 0 Å². The van der Waals surface area contributed by atoms with E-state index in [9.17, 15) is 26.9 Å². The molecule has 0 atom stereocenters. The van der Waals surface area contributed by atoms with E-state index in [1.807, 2.05) is 41.5 Å². The highest BCUT2D eigenvalue weighted by atomic mass is 32.2. The number of hydrogen-bond donors (Lipinski definition) is 0. The summed E-state index contributed by atoms with van der Waals surface area (Å²) in [5, 5.41) is 9.20. The normalized spacial score (nSPS) is 12.6. The van der Waals surface area contributed by atoms with Gasteiger partial charge in [-0.25, -0.2) is 4.39 Å². The van der Waals surface area contributed by atoms with Gasteiger partial charge < -0.3 is 13.7 Å². The third kappa shape index (κ3) is 6.03. The predicted molar refractivity (Wildman–Crippen MR) is 135 cm³/mol. The Morgan fingerprint density at radius 1 is 1.03 bits per heavy atom. The van der Waals surface area contributed by atoms with Crippen LogP contribution in [-0.4, -0.2) is 35.9 Å². The average molecular weight is 560 g/mol. The molecule has 2 rings (SSSR count). The van der Waals surface area contributed by atoms with Crippen molar-refractivity contribution in [3.05, 3.63) is 35.1 Å². The van der Waals surface area contributed by atoms with Crippen molar-refractivity contribution < 1.29 is 39.6 Å². The molecule has 2 aromatic carbocycles. The second kappa shape index (κ2) is 11.3. The lowest BCUT2D eigenvalue weighted by molar-refractivity contribution is -0.0499. The van der Waals surface area contributed by atoms with Gasteiger partial charge in [0.15, 0.2) is 18.4 Å². The van der Waals surface area contributed by atoms with Gasteiger partial charge in [-0.15, -0.1) is 5.54 Å². The molecule has 0 aromatic heterocycles. The predicted octanol–water partition coefficient (Wildman–Crippen LogP) is 6.63. The van der Waals surface area contributed by atoms with Crippen molar-refractivity contribution in [3.8, 4) is 29.0 Å². The third-order valence-corrected chi connectivity index (χ3v) is 13.6. The number of rotatable bonds is 8. The van der Waals surface area contributed by atoms with E-state index in [-0.39, 0.29) is 39.9 Å². The van der Waals surface area contributed by atoms with Gasteiger partial charge in [0, 0.05) is 18.6 Å². The fourth-order valence-electron chi connectivity index (χ4n) is 4.70. The number of fused-ring (bicyclic) bond motifs is 1. The highest BCUT2D eigenvalue weighted by Crippen LogP contribution is 2.42. The van der Waals surface area contributed by atoms with Gasteiger partial charge in [0.05, 0.1) is 11.1 Å². The van der Waals surface area contributed by atoms with Crippen LogP contribution in [0.5, 0.6) is 11.5 Å². The Balaban J connectivity index is 3.05. The van der Waals surface area contributed by atoms with Crippen molar-refractivity contribution >= 4 is 29.0 Å². The molecule has 0 spiro atoms. The molecular weight excluding hydrogens is 530 g/mol. The van der Waals surface area contributed by atoms with Crippen LogP contribution in [0.4, 0.5) is 17.6 Å². The highest BCUT2D eigenvalue weighted by Gasteiger charge is 2.49. The fraction of sp³-hybridized carbons (Fsp3) is 0.480. The van der Waals surface area contributed by atoms with Crippen LogP contribution < -0.4 is 8.92 Å². The molecular formula is C25H29F4NO5SSi. The van der Waals surface area contributed by atoms with Crippen molar-refractivity contribution in [1.82, 2.24) is 0 Å². The lowest BCUT2D eigenvalue weighted by atomic mass is 9.99. The van der Waals surface area contributed by atoms with E-state index in [2.05, 4.69) is 15.6 Å². The van der Waals surface area contributed by atoms with Crippen LogP contribution in [0.2, 0.25) is 16.6 Å². The Kier molecular flexibility index (Phi) is 9.29. The zero-order valence-electron chi connectivity index (χ0n) is 21.6. The molecule has 0 N–H and O–H groups in total. The van der Waals surface area contributed by atoms with E-state index in [0.29, 0.717) is 0 Å². The monoisotopic (exact) mass is 559 g/mol. The van der Waals surface area contributed by atoms with Crippen LogP contribution in [0, 0.1) is 28.6 Å². The molecule has 0 fully saturated rings. The first-order chi connectivity index (χ1) is 17.0. The average Bonchev–Trinajstić information content (AvgIpc) is 2.77. The van der Waals surface area contributed by atoms with Gasteiger partial charge >= 0.3 is 15.6 Å². The van der Waals surface area contributed by atoms with Crippen molar-refractivity contribution in [2.45, 2.75) is 63.7 Å². The minimum Gasteiger partial charge on any atom is -0.467 e. The molecule has 0 aliphatic heterocycles. The van der Waals surface area contributed by atoms with Crippen LogP contribution in [-0.2, 0) is 14.9 Å². The summed E-state index contributed by atoms with van der Waals surface area (Å²) in [6.45, 7) is 11.8. The topological polar surface area (TPSA) is 85.6 Å². The number of hydrogen-bond acceptors (Lipinski definition) is 6. The summed E-state index contributed by atoms with van der Waals surface area (Å²) >= 11 is 0. The number of benzene rings is 2. The Bertz CT molecular complexity index is 1350. The second-order valence-electron chi connectivity index (χ2n) is 9.43. The number of nitrogens with zero attached hydrogens (tertiary/aromatic N) is 1. The summed E-state index contributed by atoms with van der Waals surface area (Å²) in [7, 11) is -7.28. The first-order valence-corrected chi connectivity index (χ1v) is 15.0. The quantitative estimate of drug-likeness (QED) is 0.0901. The molecule has 0 bridgehead atoms. The summed E-state index contributed by atoms with van der Waals surface area (Å²) in [5.74, 6) is 0.772. The largest absolute Gasteiger partial charge is 0.534 e. The molecule has 0 aliphatic carbocycles. The lowest BCUT2D eigenvalue weighted by Gasteiger charge is -2.38. The maximum Gasteiger partial charge on any atom is 0.534 e. The molecule has 0 amide bonds. The van der Waals surface area contributed by atoms with Gasteiger partial charge in [-0.2, -0.15) is 26.9 Å². The number of ether oxygens (including phenoxy) is 2. The molecule has 0 saturated heterocycles. The van der Waals surface area contributed by atoms with E-state index in [1.54, 1.807) is 6.07 Å². The number of nitriles is 1. The van der Waals surface area contributed by atoms with Gasteiger partial charge in [0.1, 0.15) is 19.9 Å². The number of methoxy groups -OCH3 is 1. The van der Waals surface area contributed by atoms with E-state index in [1.165, 1.54) is 13.2 Å². The van der Waals surface area contributed by atoms with E-state index in [0.717, 1.165) is 12.1 Å². The second-order valence-corrected chi connectivity index (χ2v) is 16.5. The minimum atomic E-state index is -6.12. The number of alkyl halides is 3. The molecule has 0 unspecified atom stereocenters. The maximum absolute atomic E-state index is 15.5. The summed E-state index contributed by atoms with van der Waals surface area (Å²) < 4.78 is 93.4. The Labute approximate surface area is 215 Å². The van der Waals surface area contributed by atoms with Crippen molar-refractivity contribution in [1.29, 1.82) is 5.26 Å². The van der Waals surface area contributed by atoms with Crippen molar-refractivity contribution in [2.75, 3.05) is 13.9 Å². The molecule has 0 saturated carbocycles. The molecule has 6 nitrogen and oxygen atoms in total. The molecule has 2 aromatic rings. The van der Waals surface area contributed by atoms with Gasteiger partial charge in [-0.05, 0) is 34.1 Å². The van der Waals surface area contributed by atoms with Gasteiger partial charge in [0.2, 0.25) is 0 Å². The first kappa shape index (κ1) is 30.4. The van der Waals surface area contributed by atoms with Crippen molar-refractivity contribution in [2.24, 2.45) is 0 Å². The fourth-order valence-corrected chi connectivity index (χ4v) is 10.4. The molecule has 37 heavy (non-hydrogen) atoms. The molecule has 0 aliphatic rings. The zero-order valence-corrected chi connectivity index (χ0v) is 23.4. The van der Waals surface area contributed by atoms with Gasteiger partial charge in [0.25, 0.3) is 0 Å². The Morgan fingerprint density at radius 3 is 2.05 bits per heavy atom. The van der Waals surface area contributed by atoms with Gasteiger partial charge in [-0.1, -0.05) is 47.5 Å². The van der Waals surface area contributed by atoms with E-state index < -0.39 is 46.4 Å². The maximum atomic E-state index is 15.5. The molecule has 0 heterocycles. The molecule has 12 heteroatoms. The molecule has 0 radical (unpaired) electrons. The number of halogens is 4. The van der Waals surface area contributed by atoms with Crippen molar-refractivity contribution in [3.63, 3.8) is 0 Å². The van der Waals surface area contributed by atoms with E-state index >= 15 is 4.39 Å². The smallest absolute Gasteiger partial charge is 0.467 e. The lowest BCUT2D eigenvalue weighted by Crippen LogP contribution is -2.43. The molecule has 202 valence electrons. The summed E-state index contributed by atoms with van der Waals surface area (Å²) in [6.07, 6.45) is 0. The Morgan fingerprint density at radius 2 is 1.59 bits per heavy atom. The summed E-state index contributed by atoms with van der Waals surface area (Å²) in [4.78, 5) is 0. The third-order valence-electron chi connectivity index (χ3n) is 6.33. The standard InChI is InChI=1S/C25H29F4NO5SSi/c1-15(2)37(16(3)4,17(5)6)9-8-21-23-18(10-19(13-30)24(21)26)11-20(34-14-33-7)12-22(23)35-36(31,32)25(27,28)29/h10-12,15-17H,14H2,1-7H3. The highest BCUT2D eigenvalue weighted by molar-refractivity contribution is 7.88. The zero-order chi connectivity index (χ0) is 28.3. The summed E-state index contributed by atoms with van der Waals surface area (Å²) in [6, 6.07) is 4.98. The summed E-state index contributed by atoms with van der Waals surface area (Å²) in [5.41, 5.74) is -2.89. The minimum absolute atomic E-state index is 0.00846. The van der Waals surface area contributed by atoms with Crippen LogP contribution in [0.3, 0.4) is 0 Å². The van der Waals surface area contributed by atoms with Crippen LogP contribution in [0.25, 0.3) is 10.8 Å².